The maximum atomic E-state index is 12.7. The first-order valence-corrected chi connectivity index (χ1v) is 11.3. The molecule has 9 heteroatoms. The van der Waals surface area contributed by atoms with E-state index in [1.54, 1.807) is 18.2 Å². The monoisotopic (exact) mass is 552 g/mol. The molecule has 156 valence electrons. The lowest BCUT2D eigenvalue weighted by Gasteiger charge is -2.13. The van der Waals surface area contributed by atoms with Crippen molar-refractivity contribution >= 4 is 72.4 Å². The predicted octanol–water partition coefficient (Wildman–Crippen LogP) is 5.51. The second-order valence-corrected chi connectivity index (χ2v) is 9.39. The smallest absolute Gasteiger partial charge is 0.294 e. The fourth-order valence-electron chi connectivity index (χ4n) is 2.84. The molecular formula is C21H18Br2N2O4S. The van der Waals surface area contributed by atoms with Crippen LogP contribution in [0.3, 0.4) is 0 Å². The molecule has 0 aromatic heterocycles. The van der Waals surface area contributed by atoms with E-state index in [0.717, 1.165) is 32.3 Å². The molecule has 0 atom stereocenters. The number of methoxy groups -OCH3 is 1. The van der Waals surface area contributed by atoms with Gasteiger partial charge in [-0.25, -0.2) is 0 Å². The van der Waals surface area contributed by atoms with Crippen LogP contribution in [0, 0.1) is 13.8 Å². The van der Waals surface area contributed by atoms with E-state index in [1.165, 1.54) is 7.11 Å². The molecule has 2 aromatic rings. The molecule has 1 fully saturated rings. The van der Waals surface area contributed by atoms with Crippen molar-refractivity contribution in [2.45, 2.75) is 13.8 Å². The van der Waals surface area contributed by atoms with Crippen molar-refractivity contribution in [2.24, 2.45) is 0 Å². The van der Waals surface area contributed by atoms with Crippen molar-refractivity contribution in [1.82, 2.24) is 4.90 Å². The Morgan fingerprint density at radius 3 is 2.57 bits per heavy atom. The summed E-state index contributed by atoms with van der Waals surface area (Å²) in [5, 5.41) is 2.24. The quantitative estimate of drug-likeness (QED) is 0.494. The van der Waals surface area contributed by atoms with Gasteiger partial charge in [0.15, 0.2) is 0 Å². The number of aryl methyl sites for hydroxylation is 2. The molecule has 3 rings (SSSR count). The molecule has 2 aromatic carbocycles. The number of thioether (sulfide) groups is 1. The van der Waals surface area contributed by atoms with E-state index in [1.807, 2.05) is 32.0 Å². The molecule has 1 aliphatic rings. The Balaban J connectivity index is 1.77. The van der Waals surface area contributed by atoms with E-state index in [9.17, 15) is 14.4 Å². The molecule has 0 bridgehead atoms. The van der Waals surface area contributed by atoms with Crippen LogP contribution in [0.2, 0.25) is 0 Å². The van der Waals surface area contributed by atoms with Crippen LogP contribution in [0.4, 0.5) is 10.5 Å². The standard InChI is InChI=1S/C21H18Br2N2O4S/c1-11-4-5-15(6-12(11)2)24-18(26)10-25-20(27)17(30-21(25)28)8-13-7-14(22)9-16(23)19(13)29-3/h4-9H,10H2,1-3H3,(H,24,26)/b17-8+. The van der Waals surface area contributed by atoms with Gasteiger partial charge >= 0.3 is 0 Å². The lowest BCUT2D eigenvalue weighted by atomic mass is 10.1. The van der Waals surface area contributed by atoms with E-state index in [-0.39, 0.29) is 11.4 Å². The van der Waals surface area contributed by atoms with Gasteiger partial charge in [-0.1, -0.05) is 22.0 Å². The number of anilines is 1. The van der Waals surface area contributed by atoms with Crippen molar-refractivity contribution < 1.29 is 19.1 Å². The third-order valence-electron chi connectivity index (χ3n) is 4.49. The fourth-order valence-corrected chi connectivity index (χ4v) is 5.09. The van der Waals surface area contributed by atoms with Crippen molar-refractivity contribution in [1.29, 1.82) is 0 Å². The van der Waals surface area contributed by atoms with Gasteiger partial charge in [0, 0.05) is 15.7 Å². The molecule has 3 amide bonds. The third-order valence-corrected chi connectivity index (χ3v) is 6.45. The zero-order chi connectivity index (χ0) is 22.0. The van der Waals surface area contributed by atoms with Gasteiger partial charge in [0.25, 0.3) is 11.1 Å². The summed E-state index contributed by atoms with van der Waals surface area (Å²) in [5.41, 5.74) is 3.40. The van der Waals surface area contributed by atoms with Gasteiger partial charge in [-0.2, -0.15) is 0 Å². The van der Waals surface area contributed by atoms with Crippen LogP contribution >= 0.6 is 43.6 Å². The molecule has 30 heavy (non-hydrogen) atoms. The normalized spacial score (nSPS) is 15.1. The molecule has 1 N–H and O–H groups in total. The number of rotatable bonds is 5. The first-order valence-electron chi connectivity index (χ1n) is 8.85. The number of hydrogen-bond acceptors (Lipinski definition) is 5. The summed E-state index contributed by atoms with van der Waals surface area (Å²) < 4.78 is 6.88. The van der Waals surface area contributed by atoms with Crippen molar-refractivity contribution in [2.75, 3.05) is 19.0 Å². The number of halogens is 2. The topological polar surface area (TPSA) is 75.7 Å². The summed E-state index contributed by atoms with van der Waals surface area (Å²) in [4.78, 5) is 38.7. The highest BCUT2D eigenvalue weighted by molar-refractivity contribution is 9.11. The van der Waals surface area contributed by atoms with Crippen LogP contribution < -0.4 is 10.1 Å². The lowest BCUT2D eigenvalue weighted by Crippen LogP contribution is -2.36. The van der Waals surface area contributed by atoms with Crippen molar-refractivity contribution in [3.63, 3.8) is 0 Å². The van der Waals surface area contributed by atoms with Gasteiger partial charge in [-0.15, -0.1) is 0 Å². The first kappa shape index (κ1) is 22.6. The van der Waals surface area contributed by atoms with Crippen LogP contribution in [-0.4, -0.2) is 35.6 Å². The maximum absolute atomic E-state index is 12.7. The average Bonchev–Trinajstić information content (AvgIpc) is 2.92. The molecule has 0 unspecified atom stereocenters. The zero-order valence-electron chi connectivity index (χ0n) is 16.4. The number of imide groups is 1. The minimum absolute atomic E-state index is 0.224. The van der Waals surface area contributed by atoms with Crippen LogP contribution in [-0.2, 0) is 9.59 Å². The fraction of sp³-hybridized carbons (Fsp3) is 0.190. The number of carbonyl (C=O) groups is 3. The van der Waals surface area contributed by atoms with Crippen LogP contribution in [0.1, 0.15) is 16.7 Å². The zero-order valence-corrected chi connectivity index (χ0v) is 20.4. The minimum Gasteiger partial charge on any atom is -0.495 e. The highest BCUT2D eigenvalue weighted by Gasteiger charge is 2.36. The molecule has 0 saturated carbocycles. The summed E-state index contributed by atoms with van der Waals surface area (Å²) in [6, 6.07) is 9.13. The molecule has 1 heterocycles. The number of nitrogens with zero attached hydrogens (tertiary/aromatic N) is 1. The van der Waals surface area contributed by atoms with Crippen molar-refractivity contribution in [3.05, 3.63) is 60.9 Å². The van der Waals surface area contributed by atoms with E-state index in [4.69, 9.17) is 4.74 Å². The number of ether oxygens (including phenoxy) is 1. The SMILES string of the molecule is COc1c(Br)cc(Br)cc1/C=C1/SC(=O)N(CC(=O)Nc2ccc(C)c(C)c2)C1=O. The number of amides is 3. The molecule has 6 nitrogen and oxygen atoms in total. The molecule has 1 aliphatic heterocycles. The predicted molar refractivity (Wildman–Crippen MR) is 126 cm³/mol. The highest BCUT2D eigenvalue weighted by Crippen LogP contribution is 2.38. The Hall–Kier alpha value is -2.10. The van der Waals surface area contributed by atoms with Gasteiger partial charge in [0.05, 0.1) is 16.5 Å². The van der Waals surface area contributed by atoms with Crippen molar-refractivity contribution in [3.8, 4) is 5.75 Å². The van der Waals surface area contributed by atoms with Gasteiger partial charge < -0.3 is 10.1 Å². The van der Waals surface area contributed by atoms with E-state index >= 15 is 0 Å². The highest BCUT2D eigenvalue weighted by atomic mass is 79.9. The lowest BCUT2D eigenvalue weighted by molar-refractivity contribution is -0.127. The van der Waals surface area contributed by atoms with Gasteiger partial charge in [-0.3, -0.25) is 19.3 Å². The second kappa shape index (κ2) is 9.36. The van der Waals surface area contributed by atoms with Crippen LogP contribution in [0.25, 0.3) is 6.08 Å². The van der Waals surface area contributed by atoms with E-state index in [2.05, 4.69) is 37.2 Å². The summed E-state index contributed by atoms with van der Waals surface area (Å²) >= 11 is 7.61. The molecule has 1 saturated heterocycles. The molecule has 0 aliphatic carbocycles. The Kier molecular flexibility index (Phi) is 7.05. The third kappa shape index (κ3) is 4.96. The summed E-state index contributed by atoms with van der Waals surface area (Å²) in [7, 11) is 1.52. The molecular weight excluding hydrogens is 536 g/mol. The van der Waals surface area contributed by atoms with Gasteiger partial charge in [-0.05, 0) is 83.0 Å². The van der Waals surface area contributed by atoms with E-state index in [0.29, 0.717) is 21.5 Å². The largest absolute Gasteiger partial charge is 0.495 e. The summed E-state index contributed by atoms with van der Waals surface area (Å²) in [5.74, 6) is -0.416. The minimum atomic E-state index is -0.515. The number of carbonyl (C=O) groups excluding carboxylic acids is 3. The van der Waals surface area contributed by atoms with Gasteiger partial charge in [0.1, 0.15) is 12.3 Å². The maximum Gasteiger partial charge on any atom is 0.294 e. The van der Waals surface area contributed by atoms with Crippen LogP contribution in [0.5, 0.6) is 5.75 Å². The number of hydrogen-bond donors (Lipinski definition) is 1. The Bertz CT molecular complexity index is 1080. The molecule has 0 radical (unpaired) electrons. The summed E-state index contributed by atoms with van der Waals surface area (Å²) in [6.07, 6.45) is 1.58. The average molecular weight is 554 g/mol. The molecule has 0 spiro atoms. The van der Waals surface area contributed by atoms with Gasteiger partial charge in [0.2, 0.25) is 5.91 Å². The number of benzene rings is 2. The second-order valence-electron chi connectivity index (χ2n) is 6.63. The summed E-state index contributed by atoms with van der Waals surface area (Å²) in [6.45, 7) is 3.57. The van der Waals surface area contributed by atoms with Crippen LogP contribution in [0.15, 0.2) is 44.2 Å². The number of nitrogens with one attached hydrogen (secondary N) is 1. The first-order chi connectivity index (χ1) is 14.2. The Labute approximate surface area is 195 Å². The van der Waals surface area contributed by atoms with E-state index < -0.39 is 17.1 Å². The Morgan fingerprint density at radius 2 is 1.90 bits per heavy atom. The Morgan fingerprint density at radius 1 is 1.17 bits per heavy atom.